The topological polar surface area (TPSA) is 78.9 Å². The summed E-state index contributed by atoms with van der Waals surface area (Å²) in [5.41, 5.74) is 0.403. The molecule has 0 aliphatic rings. The van der Waals surface area contributed by atoms with Gasteiger partial charge < -0.3 is 15.2 Å². The molecule has 6 heteroatoms. The summed E-state index contributed by atoms with van der Waals surface area (Å²) in [6.45, 7) is 4.80. The van der Waals surface area contributed by atoms with E-state index in [2.05, 4.69) is 5.32 Å². The molecule has 17 heavy (non-hydrogen) atoms. The van der Waals surface area contributed by atoms with E-state index in [-0.39, 0.29) is 18.7 Å². The summed E-state index contributed by atoms with van der Waals surface area (Å²) in [6, 6.07) is -0.385. The van der Waals surface area contributed by atoms with Gasteiger partial charge in [-0.1, -0.05) is 0 Å². The zero-order valence-electron chi connectivity index (χ0n) is 10.6. The van der Waals surface area contributed by atoms with Crippen molar-refractivity contribution in [3.05, 3.63) is 11.8 Å². The van der Waals surface area contributed by atoms with Gasteiger partial charge in [0.1, 0.15) is 12.5 Å². The molecular weight excluding hydrogens is 224 g/mol. The third-order valence-electron chi connectivity index (χ3n) is 2.06. The van der Waals surface area contributed by atoms with E-state index in [4.69, 9.17) is 9.84 Å². The van der Waals surface area contributed by atoms with E-state index in [0.717, 1.165) is 0 Å². The van der Waals surface area contributed by atoms with Crippen LogP contribution in [-0.4, -0.2) is 48.3 Å². The van der Waals surface area contributed by atoms with E-state index < -0.39 is 6.23 Å². The number of urea groups is 1. The molecule has 2 unspecified atom stereocenters. The van der Waals surface area contributed by atoms with Crippen molar-refractivity contribution in [2.24, 2.45) is 0 Å². The molecule has 0 aromatic heterocycles. The normalized spacial score (nSPS) is 15.0. The molecule has 2 atom stereocenters. The second kappa shape index (κ2) is 7.81. The highest BCUT2D eigenvalue weighted by Gasteiger charge is 2.19. The molecule has 0 radical (unpaired) electrons. The summed E-state index contributed by atoms with van der Waals surface area (Å²) >= 11 is 0. The van der Waals surface area contributed by atoms with Crippen molar-refractivity contribution in [1.82, 2.24) is 10.2 Å². The van der Waals surface area contributed by atoms with E-state index in [1.807, 2.05) is 0 Å². The van der Waals surface area contributed by atoms with Gasteiger partial charge in [0.2, 0.25) is 0 Å². The first kappa shape index (κ1) is 15.6. The minimum absolute atomic E-state index is 0.137. The number of allylic oxidation sites excluding steroid dienone is 1. The summed E-state index contributed by atoms with van der Waals surface area (Å²) in [5.74, 6) is 0. The van der Waals surface area contributed by atoms with Crippen LogP contribution in [0, 0.1) is 0 Å². The molecule has 0 spiro atoms. The standard InChI is InChI=1S/C11H20N2O4/c1-8(6-14)5-13(11(16)12-4)10(3)17-9(2)7-15/h5-6,9-10,15H,7H2,1-4H3,(H,12,16)/b8-5-. The van der Waals surface area contributed by atoms with Gasteiger partial charge in [-0.25, -0.2) is 4.79 Å². The molecule has 0 heterocycles. The number of hydrogen-bond acceptors (Lipinski definition) is 4. The minimum Gasteiger partial charge on any atom is -0.394 e. The molecule has 98 valence electrons. The largest absolute Gasteiger partial charge is 0.394 e. The lowest BCUT2D eigenvalue weighted by atomic mass is 10.3. The quantitative estimate of drug-likeness (QED) is 0.404. The zero-order valence-corrected chi connectivity index (χ0v) is 10.6. The molecule has 0 aliphatic heterocycles. The highest BCUT2D eigenvalue weighted by molar-refractivity contribution is 5.78. The van der Waals surface area contributed by atoms with Gasteiger partial charge in [0.05, 0.1) is 12.7 Å². The first-order chi connectivity index (χ1) is 7.96. The number of carbonyl (C=O) groups excluding carboxylic acids is 2. The number of hydrogen-bond donors (Lipinski definition) is 2. The number of nitrogens with zero attached hydrogens (tertiary/aromatic N) is 1. The maximum atomic E-state index is 11.6. The van der Waals surface area contributed by atoms with Crippen LogP contribution in [0.4, 0.5) is 4.79 Å². The molecule has 6 nitrogen and oxygen atoms in total. The number of nitrogens with one attached hydrogen (secondary N) is 1. The Kier molecular flexibility index (Phi) is 7.16. The maximum Gasteiger partial charge on any atom is 0.323 e. The molecule has 0 saturated carbocycles. The number of aldehydes is 1. The van der Waals surface area contributed by atoms with Crippen molar-refractivity contribution < 1.29 is 19.4 Å². The van der Waals surface area contributed by atoms with Gasteiger partial charge in [-0.3, -0.25) is 9.69 Å². The van der Waals surface area contributed by atoms with Crippen molar-refractivity contribution in [2.45, 2.75) is 33.1 Å². The number of amides is 2. The van der Waals surface area contributed by atoms with Crippen molar-refractivity contribution in [3.8, 4) is 0 Å². The van der Waals surface area contributed by atoms with Gasteiger partial charge in [0.15, 0.2) is 0 Å². The van der Waals surface area contributed by atoms with Gasteiger partial charge >= 0.3 is 6.03 Å². The molecule has 0 saturated heterocycles. The fourth-order valence-corrected chi connectivity index (χ4v) is 1.15. The van der Waals surface area contributed by atoms with Crippen LogP contribution in [0.5, 0.6) is 0 Å². The van der Waals surface area contributed by atoms with E-state index in [1.54, 1.807) is 20.8 Å². The van der Waals surface area contributed by atoms with E-state index in [0.29, 0.717) is 11.9 Å². The Morgan fingerprint density at radius 3 is 2.53 bits per heavy atom. The molecule has 0 bridgehead atoms. The fourth-order valence-electron chi connectivity index (χ4n) is 1.15. The van der Waals surface area contributed by atoms with Crippen LogP contribution in [0.1, 0.15) is 20.8 Å². The molecule has 0 fully saturated rings. The fraction of sp³-hybridized carbons (Fsp3) is 0.636. The van der Waals surface area contributed by atoms with Crippen LogP contribution < -0.4 is 5.32 Å². The number of carbonyl (C=O) groups is 2. The van der Waals surface area contributed by atoms with Crippen LogP contribution >= 0.6 is 0 Å². The number of aliphatic hydroxyl groups is 1. The number of rotatable bonds is 6. The lowest BCUT2D eigenvalue weighted by molar-refractivity contribution is -0.105. The molecule has 0 rings (SSSR count). The Bertz CT molecular complexity index is 291. The van der Waals surface area contributed by atoms with Crippen molar-refractivity contribution >= 4 is 12.3 Å². The summed E-state index contributed by atoms with van der Waals surface area (Å²) in [4.78, 5) is 23.4. The molecular formula is C11H20N2O4. The van der Waals surface area contributed by atoms with Gasteiger partial charge in [-0.05, 0) is 20.8 Å². The summed E-state index contributed by atoms with van der Waals surface area (Å²) in [6.07, 6.45) is 1.09. The maximum absolute atomic E-state index is 11.6. The zero-order chi connectivity index (χ0) is 13.4. The highest BCUT2D eigenvalue weighted by atomic mass is 16.5. The minimum atomic E-state index is -0.577. The van der Waals surface area contributed by atoms with Crippen LogP contribution in [0.2, 0.25) is 0 Å². The van der Waals surface area contributed by atoms with Crippen molar-refractivity contribution in [3.63, 3.8) is 0 Å². The first-order valence-corrected chi connectivity index (χ1v) is 5.36. The average molecular weight is 244 g/mol. The Balaban J connectivity index is 4.79. The lowest BCUT2D eigenvalue weighted by Gasteiger charge is -2.27. The Hall–Kier alpha value is -1.40. The molecule has 0 aromatic rings. The lowest BCUT2D eigenvalue weighted by Crippen LogP contribution is -2.43. The predicted octanol–water partition coefficient (Wildman–Crippen LogP) is 0.474. The van der Waals surface area contributed by atoms with Crippen molar-refractivity contribution in [1.29, 1.82) is 0 Å². The van der Waals surface area contributed by atoms with Gasteiger partial charge in [0, 0.05) is 18.8 Å². The van der Waals surface area contributed by atoms with Crippen LogP contribution in [-0.2, 0) is 9.53 Å². The molecule has 2 amide bonds. The highest BCUT2D eigenvalue weighted by Crippen LogP contribution is 2.07. The monoisotopic (exact) mass is 244 g/mol. The van der Waals surface area contributed by atoms with Gasteiger partial charge in [0.25, 0.3) is 0 Å². The second-order valence-corrected chi connectivity index (χ2v) is 3.68. The summed E-state index contributed by atoms with van der Waals surface area (Å²) in [5, 5.41) is 11.3. The van der Waals surface area contributed by atoms with Gasteiger partial charge in [-0.2, -0.15) is 0 Å². The van der Waals surface area contributed by atoms with E-state index in [9.17, 15) is 9.59 Å². The Morgan fingerprint density at radius 1 is 1.53 bits per heavy atom. The first-order valence-electron chi connectivity index (χ1n) is 5.36. The third-order valence-corrected chi connectivity index (χ3v) is 2.06. The Labute approximate surface area is 101 Å². The molecule has 2 N–H and O–H groups in total. The van der Waals surface area contributed by atoms with Crippen LogP contribution in [0.25, 0.3) is 0 Å². The van der Waals surface area contributed by atoms with E-state index >= 15 is 0 Å². The predicted molar refractivity (Wildman–Crippen MR) is 63.2 cm³/mol. The molecule has 0 aromatic carbocycles. The van der Waals surface area contributed by atoms with E-state index in [1.165, 1.54) is 18.1 Å². The smallest absolute Gasteiger partial charge is 0.323 e. The third kappa shape index (κ3) is 5.46. The average Bonchev–Trinajstić information content (AvgIpc) is 2.33. The van der Waals surface area contributed by atoms with Crippen LogP contribution in [0.15, 0.2) is 11.8 Å². The van der Waals surface area contributed by atoms with Crippen LogP contribution in [0.3, 0.4) is 0 Å². The summed E-state index contributed by atoms with van der Waals surface area (Å²) < 4.78 is 5.38. The summed E-state index contributed by atoms with van der Waals surface area (Å²) in [7, 11) is 1.49. The Morgan fingerprint density at radius 2 is 2.12 bits per heavy atom. The second-order valence-electron chi connectivity index (χ2n) is 3.68. The SMILES string of the molecule is CNC(=O)N(/C=C(/C)C=O)C(C)OC(C)CO. The van der Waals surface area contributed by atoms with Gasteiger partial charge in [-0.15, -0.1) is 0 Å². The number of aliphatic hydroxyl groups excluding tert-OH is 1. The number of ether oxygens (including phenoxy) is 1. The molecule has 0 aliphatic carbocycles. The van der Waals surface area contributed by atoms with Crippen molar-refractivity contribution in [2.75, 3.05) is 13.7 Å².